The summed E-state index contributed by atoms with van der Waals surface area (Å²) in [5, 5.41) is 2.54. The predicted molar refractivity (Wildman–Crippen MR) is 85.4 cm³/mol. The molecule has 0 aliphatic rings. The van der Waals surface area contributed by atoms with Crippen molar-refractivity contribution in [2.45, 2.75) is 0 Å². The molecule has 3 aromatic rings. The van der Waals surface area contributed by atoms with Crippen molar-refractivity contribution < 1.29 is 14.2 Å². The fourth-order valence-electron chi connectivity index (χ4n) is 1.91. The second-order valence-electron chi connectivity index (χ2n) is 4.46. The number of carbonyl (C=O) groups excluding carboxylic acids is 1. The van der Waals surface area contributed by atoms with Gasteiger partial charge in [0.1, 0.15) is 0 Å². The summed E-state index contributed by atoms with van der Waals surface area (Å²) in [6.45, 7) is 0. The van der Waals surface area contributed by atoms with Crippen molar-refractivity contribution in [3.05, 3.63) is 58.6 Å². The minimum atomic E-state index is -0.339. The van der Waals surface area contributed by atoms with Crippen molar-refractivity contribution in [3.8, 4) is 0 Å². The van der Waals surface area contributed by atoms with Crippen LogP contribution in [0.3, 0.4) is 0 Å². The van der Waals surface area contributed by atoms with Crippen LogP contribution in [0.4, 0.5) is 6.01 Å². The van der Waals surface area contributed by atoms with E-state index in [1.165, 1.54) is 0 Å². The van der Waals surface area contributed by atoms with E-state index in [1.54, 1.807) is 24.3 Å². The van der Waals surface area contributed by atoms with Crippen molar-refractivity contribution in [2.24, 2.45) is 5.73 Å². The van der Waals surface area contributed by atoms with Gasteiger partial charge in [-0.1, -0.05) is 29.2 Å². The third-order valence-electron chi connectivity index (χ3n) is 2.90. The number of aromatic nitrogens is 1. The molecule has 0 unspecified atom stereocenters. The Morgan fingerprint density at radius 2 is 1.91 bits per heavy atom. The van der Waals surface area contributed by atoms with E-state index >= 15 is 0 Å². The monoisotopic (exact) mass is 359 g/mol. The van der Waals surface area contributed by atoms with Crippen molar-refractivity contribution in [1.82, 2.24) is 10.3 Å². The summed E-state index contributed by atoms with van der Waals surface area (Å²) in [6, 6.07) is 14.6. The van der Waals surface area contributed by atoms with Crippen LogP contribution < -0.4 is 16.0 Å². The Bertz CT molecular complexity index is 840. The van der Waals surface area contributed by atoms with Gasteiger partial charge in [-0.25, -0.2) is 10.3 Å². The van der Waals surface area contributed by atoms with Gasteiger partial charge in [0.25, 0.3) is 0 Å². The molecule has 110 valence electrons. The lowest BCUT2D eigenvalue weighted by Crippen LogP contribution is -2.74. The van der Waals surface area contributed by atoms with Crippen LogP contribution >= 0.6 is 15.9 Å². The quantitative estimate of drug-likeness (QED) is 0.470. The van der Waals surface area contributed by atoms with E-state index in [2.05, 4.69) is 31.2 Å². The van der Waals surface area contributed by atoms with Gasteiger partial charge in [0.05, 0.1) is 5.56 Å². The number of nitrogens with one attached hydrogen (secondary N) is 2. The van der Waals surface area contributed by atoms with Crippen molar-refractivity contribution >= 4 is 44.9 Å². The van der Waals surface area contributed by atoms with E-state index in [4.69, 9.17) is 10.2 Å². The van der Waals surface area contributed by atoms with Crippen LogP contribution in [0.5, 0.6) is 0 Å². The highest BCUT2D eigenvalue weighted by molar-refractivity contribution is 9.10. The van der Waals surface area contributed by atoms with Crippen LogP contribution in [0.25, 0.3) is 11.1 Å². The van der Waals surface area contributed by atoms with E-state index in [0.717, 1.165) is 0 Å². The summed E-state index contributed by atoms with van der Waals surface area (Å²) in [6.07, 6.45) is 0. The highest BCUT2D eigenvalue weighted by Gasteiger charge is 2.15. The first-order valence-corrected chi connectivity index (χ1v) is 7.23. The van der Waals surface area contributed by atoms with E-state index in [-0.39, 0.29) is 17.9 Å². The smallest absolute Gasteiger partial charge is 0.404 e. The molecule has 0 saturated carbocycles. The van der Waals surface area contributed by atoms with Crippen molar-refractivity contribution in [2.75, 3.05) is 0 Å². The summed E-state index contributed by atoms with van der Waals surface area (Å²) >= 11 is 3.31. The maximum Gasteiger partial charge on any atom is 0.406 e. The molecular weight excluding hydrogens is 348 g/mol. The molecule has 0 bridgehead atoms. The molecule has 2 aromatic carbocycles. The maximum atomic E-state index is 12.1. The lowest BCUT2D eigenvalue weighted by molar-refractivity contribution is -0.381. The Labute approximate surface area is 134 Å². The molecule has 3 rings (SSSR count). The summed E-state index contributed by atoms with van der Waals surface area (Å²) in [4.78, 5) is 19.0. The molecule has 6 nitrogen and oxygen atoms in total. The molecule has 0 atom stereocenters. The second-order valence-corrected chi connectivity index (χ2v) is 5.31. The highest BCUT2D eigenvalue weighted by atomic mass is 79.9. The Balaban J connectivity index is 1.80. The molecule has 1 heterocycles. The highest BCUT2D eigenvalue weighted by Crippen LogP contribution is 2.15. The van der Waals surface area contributed by atoms with Crippen LogP contribution in [-0.2, 0) is 0 Å². The molecule has 1 aromatic heterocycles. The Hall–Kier alpha value is -2.67. The largest absolute Gasteiger partial charge is 0.406 e. The fourth-order valence-corrected chi connectivity index (χ4v) is 2.37. The number of rotatable bonds is 2. The van der Waals surface area contributed by atoms with Gasteiger partial charge in [-0.15, -0.1) is 0 Å². The number of oxazole rings is 1. The number of hydrogen-bond donors (Lipinski definition) is 3. The van der Waals surface area contributed by atoms with Gasteiger partial charge in [0.2, 0.25) is 0 Å². The van der Waals surface area contributed by atoms with Crippen LogP contribution in [-0.4, -0.2) is 16.9 Å². The molecule has 0 aliphatic heterocycles. The number of guanidine groups is 1. The van der Waals surface area contributed by atoms with Crippen LogP contribution in [0, 0.1) is 0 Å². The summed E-state index contributed by atoms with van der Waals surface area (Å²) < 4.78 is 6.15. The first-order valence-electron chi connectivity index (χ1n) is 6.44. The van der Waals surface area contributed by atoms with Gasteiger partial charge in [0.15, 0.2) is 11.1 Å². The van der Waals surface area contributed by atoms with E-state index in [9.17, 15) is 4.79 Å². The molecular formula is C15H12BrN4O2+. The number of carbonyl (C=O) groups is 1. The molecule has 22 heavy (non-hydrogen) atoms. The molecule has 0 radical (unpaired) electrons. The molecule has 0 spiro atoms. The van der Waals surface area contributed by atoms with Gasteiger partial charge < -0.3 is 10.2 Å². The summed E-state index contributed by atoms with van der Waals surface area (Å²) in [5.74, 6) is -0.305. The fraction of sp³-hybridized carbons (Fsp3) is 0. The number of nitrogens with two attached hydrogens (primary N) is 1. The number of fused-ring (bicyclic) bond motifs is 1. The van der Waals surface area contributed by atoms with Crippen LogP contribution in [0.15, 0.2) is 57.4 Å². The average molecular weight is 360 g/mol. The summed E-state index contributed by atoms with van der Waals surface area (Å²) in [7, 11) is 0. The molecule has 4 N–H and O–H groups in total. The van der Waals surface area contributed by atoms with E-state index in [0.29, 0.717) is 21.1 Å². The lowest BCUT2D eigenvalue weighted by atomic mass is 10.2. The Kier molecular flexibility index (Phi) is 3.88. The standard InChI is InChI=1S/C15H11BrN4O2/c16-10-6-2-1-5-9(10)13(21)19-14(17)20-15-18-11-7-3-4-8-12(11)22-15/h1-8H,(H3,17,18,19,20,21)/p+1. The number of halogens is 1. The zero-order valence-corrected chi connectivity index (χ0v) is 12.9. The number of para-hydroxylation sites is 2. The van der Waals surface area contributed by atoms with Crippen LogP contribution in [0.1, 0.15) is 10.4 Å². The first kappa shape index (κ1) is 14.3. The predicted octanol–water partition coefficient (Wildman–Crippen LogP) is 1.05. The normalized spacial score (nSPS) is 11.6. The third kappa shape index (κ3) is 2.99. The molecule has 0 saturated heterocycles. The molecule has 1 amide bonds. The number of amides is 1. The number of hydrogen-bond acceptors (Lipinski definition) is 3. The Morgan fingerprint density at radius 3 is 2.68 bits per heavy atom. The zero-order chi connectivity index (χ0) is 15.5. The first-order chi connectivity index (χ1) is 10.6. The van der Waals surface area contributed by atoms with Gasteiger partial charge in [0, 0.05) is 4.47 Å². The molecule has 0 aliphatic carbocycles. The van der Waals surface area contributed by atoms with Gasteiger partial charge in [-0.3, -0.25) is 4.79 Å². The topological polar surface area (TPSA) is 95.1 Å². The second kappa shape index (κ2) is 5.98. The SMILES string of the molecule is NC(NC(=O)c1ccccc1Br)=[NH+]c1nc2ccccc2o1. The third-order valence-corrected chi connectivity index (χ3v) is 3.59. The van der Waals surface area contributed by atoms with Crippen LogP contribution in [0.2, 0.25) is 0 Å². The van der Waals surface area contributed by atoms with E-state index in [1.807, 2.05) is 24.3 Å². The number of nitrogens with zero attached hydrogens (tertiary/aromatic N) is 1. The minimum absolute atomic E-state index is 0.0345. The minimum Gasteiger partial charge on any atom is -0.404 e. The maximum absolute atomic E-state index is 12.1. The molecule has 7 heteroatoms. The zero-order valence-electron chi connectivity index (χ0n) is 11.3. The van der Waals surface area contributed by atoms with Crippen molar-refractivity contribution in [1.29, 1.82) is 0 Å². The molecule has 0 fully saturated rings. The Morgan fingerprint density at radius 1 is 1.18 bits per heavy atom. The number of benzene rings is 2. The van der Waals surface area contributed by atoms with E-state index < -0.39 is 0 Å². The van der Waals surface area contributed by atoms with Gasteiger partial charge >= 0.3 is 17.9 Å². The van der Waals surface area contributed by atoms with Gasteiger partial charge in [-0.05, 0) is 40.2 Å². The average Bonchev–Trinajstić information content (AvgIpc) is 2.89. The lowest BCUT2D eigenvalue weighted by Gasteiger charge is -2.01. The van der Waals surface area contributed by atoms with Crippen molar-refractivity contribution in [3.63, 3.8) is 0 Å². The summed E-state index contributed by atoms with van der Waals surface area (Å²) in [5.41, 5.74) is 7.59. The van der Waals surface area contributed by atoms with Gasteiger partial charge in [-0.2, -0.15) is 0 Å².